The second kappa shape index (κ2) is 3.83. The predicted octanol–water partition coefficient (Wildman–Crippen LogP) is 0.290. The molecule has 0 spiro atoms. The first-order chi connectivity index (χ1) is 5.74. The minimum Gasteiger partial charge on any atom is -0.338 e. The highest BCUT2D eigenvalue weighted by Gasteiger charge is 2.09. The van der Waals surface area contributed by atoms with E-state index >= 15 is 0 Å². The molecule has 1 rings (SSSR count). The van der Waals surface area contributed by atoms with Gasteiger partial charge in [-0.2, -0.15) is 0 Å². The first-order valence-corrected chi connectivity index (χ1v) is 4.05. The van der Waals surface area contributed by atoms with Crippen molar-refractivity contribution < 1.29 is 4.79 Å². The van der Waals surface area contributed by atoms with E-state index in [0.717, 1.165) is 11.5 Å². The first kappa shape index (κ1) is 8.68. The van der Waals surface area contributed by atoms with Gasteiger partial charge in [0.2, 0.25) is 0 Å². The molecule has 0 aliphatic heterocycles. The van der Waals surface area contributed by atoms with Gasteiger partial charge < -0.3 is 5.32 Å². The monoisotopic (exact) mass is 181 g/mol. The van der Waals surface area contributed by atoms with E-state index < -0.39 is 0 Å². The first-order valence-electron chi connectivity index (χ1n) is 3.28. The quantitative estimate of drug-likeness (QED) is 0.667. The van der Waals surface area contributed by atoms with Crippen LogP contribution in [-0.4, -0.2) is 21.5 Å². The molecule has 0 aromatic carbocycles. The molecule has 62 valence electrons. The van der Waals surface area contributed by atoms with E-state index in [2.05, 4.69) is 20.8 Å². The van der Waals surface area contributed by atoms with Crippen LogP contribution >= 0.6 is 11.5 Å². The van der Waals surface area contributed by atoms with Gasteiger partial charge in [0.25, 0.3) is 5.91 Å². The smallest absolute Gasteiger partial charge is 0.265 e. The lowest BCUT2D eigenvalue weighted by Gasteiger charge is -2.03. The van der Waals surface area contributed by atoms with Crippen LogP contribution in [-0.2, 0) is 0 Å². The third-order valence-electron chi connectivity index (χ3n) is 1.18. The molecule has 0 aliphatic carbocycles. The number of hydrogen-bond acceptors (Lipinski definition) is 4. The molecule has 0 bridgehead atoms. The molecule has 5 heteroatoms. The Balaban J connectivity index is 2.57. The highest BCUT2D eigenvalue weighted by molar-refractivity contribution is 7.07. The largest absolute Gasteiger partial charge is 0.338 e. The van der Waals surface area contributed by atoms with Gasteiger partial charge in [0, 0.05) is 0 Å². The van der Waals surface area contributed by atoms with E-state index in [4.69, 9.17) is 6.42 Å². The Morgan fingerprint density at radius 1 is 1.92 bits per heavy atom. The zero-order valence-electron chi connectivity index (χ0n) is 6.44. The van der Waals surface area contributed by atoms with Crippen LogP contribution in [0.2, 0.25) is 0 Å². The van der Waals surface area contributed by atoms with Crippen molar-refractivity contribution in [2.75, 3.05) is 0 Å². The van der Waals surface area contributed by atoms with Crippen LogP contribution in [0.5, 0.6) is 0 Å². The molecule has 0 aliphatic rings. The highest BCUT2D eigenvalue weighted by Crippen LogP contribution is 2.01. The zero-order valence-corrected chi connectivity index (χ0v) is 7.26. The van der Waals surface area contributed by atoms with Gasteiger partial charge in [-0.15, -0.1) is 11.5 Å². The maximum absolute atomic E-state index is 11.2. The molecule has 1 aromatic rings. The lowest BCUT2D eigenvalue weighted by molar-refractivity contribution is 0.0952. The molecule has 4 nitrogen and oxygen atoms in total. The minimum atomic E-state index is -0.264. The average Bonchev–Trinajstić information content (AvgIpc) is 2.56. The molecule has 1 amide bonds. The second-order valence-corrected chi connectivity index (χ2v) is 2.93. The van der Waals surface area contributed by atoms with E-state index in [1.807, 2.05) is 0 Å². The molecule has 1 atom stereocenters. The van der Waals surface area contributed by atoms with Gasteiger partial charge in [0.1, 0.15) is 4.88 Å². The minimum absolute atomic E-state index is 0.226. The summed E-state index contributed by atoms with van der Waals surface area (Å²) in [6, 6.07) is -0.264. The molecule has 0 saturated heterocycles. The maximum atomic E-state index is 11.2. The number of terminal acetylenes is 1. The Morgan fingerprint density at radius 2 is 2.67 bits per heavy atom. The van der Waals surface area contributed by atoms with Crippen molar-refractivity contribution >= 4 is 17.4 Å². The fourth-order valence-corrected chi connectivity index (χ4v) is 0.995. The van der Waals surface area contributed by atoms with Crippen LogP contribution in [0.3, 0.4) is 0 Å². The SMILES string of the molecule is C#CC(C)NC(=O)c1cnns1. The van der Waals surface area contributed by atoms with Crippen LogP contribution in [0.1, 0.15) is 16.6 Å². The third kappa shape index (κ3) is 2.04. The number of nitrogens with zero attached hydrogens (tertiary/aromatic N) is 2. The lowest BCUT2D eigenvalue weighted by Crippen LogP contribution is -2.30. The van der Waals surface area contributed by atoms with Gasteiger partial charge in [0.05, 0.1) is 12.2 Å². The van der Waals surface area contributed by atoms with Crippen molar-refractivity contribution in [1.82, 2.24) is 14.9 Å². The van der Waals surface area contributed by atoms with E-state index in [0.29, 0.717) is 4.88 Å². The average molecular weight is 181 g/mol. The van der Waals surface area contributed by atoms with Gasteiger partial charge in [-0.3, -0.25) is 4.79 Å². The normalized spacial score (nSPS) is 11.7. The summed E-state index contributed by atoms with van der Waals surface area (Å²) >= 11 is 1.04. The molecule has 0 fully saturated rings. The van der Waals surface area contributed by atoms with Gasteiger partial charge in [-0.05, 0) is 18.5 Å². The number of hydrogen-bond donors (Lipinski definition) is 1. The highest BCUT2D eigenvalue weighted by atomic mass is 32.1. The Bertz CT molecular complexity index is 301. The summed E-state index contributed by atoms with van der Waals surface area (Å²) < 4.78 is 3.56. The van der Waals surface area contributed by atoms with Crippen LogP contribution < -0.4 is 5.32 Å². The van der Waals surface area contributed by atoms with Crippen LogP contribution in [0.25, 0.3) is 0 Å². The van der Waals surface area contributed by atoms with Crippen molar-refractivity contribution in [3.8, 4) is 12.3 Å². The Morgan fingerprint density at radius 3 is 3.17 bits per heavy atom. The van der Waals surface area contributed by atoms with Crippen molar-refractivity contribution in [1.29, 1.82) is 0 Å². The molecule has 1 aromatic heterocycles. The number of aromatic nitrogens is 2. The van der Waals surface area contributed by atoms with Gasteiger partial charge in [0.15, 0.2) is 0 Å². The van der Waals surface area contributed by atoms with Gasteiger partial charge >= 0.3 is 0 Å². The fourth-order valence-electron chi connectivity index (χ4n) is 0.577. The van der Waals surface area contributed by atoms with Crippen molar-refractivity contribution in [3.05, 3.63) is 11.1 Å². The summed E-state index contributed by atoms with van der Waals surface area (Å²) in [7, 11) is 0. The lowest BCUT2D eigenvalue weighted by atomic mass is 10.3. The van der Waals surface area contributed by atoms with E-state index in [9.17, 15) is 4.79 Å². The molecule has 1 N–H and O–H groups in total. The molecule has 1 unspecified atom stereocenters. The summed E-state index contributed by atoms with van der Waals surface area (Å²) in [5.74, 6) is 2.16. The summed E-state index contributed by atoms with van der Waals surface area (Å²) in [6.07, 6.45) is 6.49. The van der Waals surface area contributed by atoms with E-state index in [-0.39, 0.29) is 11.9 Å². The molecular formula is C7H7N3OS. The summed E-state index contributed by atoms with van der Waals surface area (Å²) in [4.78, 5) is 11.7. The predicted molar refractivity (Wildman–Crippen MR) is 45.7 cm³/mol. The maximum Gasteiger partial charge on any atom is 0.265 e. The summed E-state index contributed by atoms with van der Waals surface area (Å²) in [5, 5.41) is 6.12. The number of rotatable bonds is 2. The van der Waals surface area contributed by atoms with E-state index in [1.54, 1.807) is 6.92 Å². The van der Waals surface area contributed by atoms with E-state index in [1.165, 1.54) is 6.20 Å². The number of carbonyl (C=O) groups is 1. The van der Waals surface area contributed by atoms with Gasteiger partial charge in [-0.25, -0.2) is 0 Å². The van der Waals surface area contributed by atoms with Crippen LogP contribution in [0, 0.1) is 12.3 Å². The summed E-state index contributed by atoms with van der Waals surface area (Å²) in [5.41, 5.74) is 0. The topological polar surface area (TPSA) is 54.9 Å². The van der Waals surface area contributed by atoms with Crippen molar-refractivity contribution in [2.24, 2.45) is 0 Å². The molecule has 12 heavy (non-hydrogen) atoms. The fraction of sp³-hybridized carbons (Fsp3) is 0.286. The Kier molecular flexibility index (Phi) is 2.77. The number of carbonyl (C=O) groups excluding carboxylic acids is 1. The van der Waals surface area contributed by atoms with Crippen molar-refractivity contribution in [3.63, 3.8) is 0 Å². The third-order valence-corrected chi connectivity index (χ3v) is 1.85. The zero-order chi connectivity index (χ0) is 8.97. The molecule has 0 radical (unpaired) electrons. The molecule has 0 saturated carbocycles. The second-order valence-electron chi connectivity index (χ2n) is 2.14. The van der Waals surface area contributed by atoms with Crippen LogP contribution in [0.15, 0.2) is 6.20 Å². The molecular weight excluding hydrogens is 174 g/mol. The summed E-state index contributed by atoms with van der Waals surface area (Å²) in [6.45, 7) is 1.73. The molecule has 1 heterocycles. The Labute approximate surface area is 74.2 Å². The number of nitrogens with one attached hydrogen (secondary N) is 1. The standard InChI is InChI=1S/C7H7N3OS/c1-3-5(2)9-7(11)6-4-8-10-12-6/h1,4-5H,2H3,(H,9,11). The van der Waals surface area contributed by atoms with Crippen LogP contribution in [0.4, 0.5) is 0 Å². The Hall–Kier alpha value is -1.41. The van der Waals surface area contributed by atoms with Crippen molar-refractivity contribution in [2.45, 2.75) is 13.0 Å². The number of amides is 1. The van der Waals surface area contributed by atoms with Gasteiger partial charge in [-0.1, -0.05) is 10.4 Å².